The van der Waals surface area contributed by atoms with Crippen LogP contribution in [0.2, 0.25) is 5.15 Å². The van der Waals surface area contributed by atoms with Crippen molar-refractivity contribution in [1.82, 2.24) is 9.97 Å². The van der Waals surface area contributed by atoms with Crippen LogP contribution in [0, 0.1) is 12.3 Å². The van der Waals surface area contributed by atoms with Crippen molar-refractivity contribution >= 4 is 23.5 Å². The molecule has 0 fully saturated rings. The zero-order valence-electron chi connectivity index (χ0n) is 7.95. The first-order valence-corrected chi connectivity index (χ1v) is 4.35. The van der Waals surface area contributed by atoms with Gasteiger partial charge in [-0.2, -0.15) is 4.98 Å². The summed E-state index contributed by atoms with van der Waals surface area (Å²) in [6.45, 7) is 0. The smallest absolute Gasteiger partial charge is 0.238 e. The summed E-state index contributed by atoms with van der Waals surface area (Å²) >= 11 is 5.67. The molecule has 0 aliphatic heterocycles. The monoisotopic (exact) mass is 225 g/mol. The van der Waals surface area contributed by atoms with E-state index < -0.39 is 0 Å². The van der Waals surface area contributed by atoms with Gasteiger partial charge in [-0.3, -0.25) is 10.1 Å². The minimum absolute atomic E-state index is 0.0435. The van der Waals surface area contributed by atoms with Crippen molar-refractivity contribution < 1.29 is 9.53 Å². The fourth-order valence-electron chi connectivity index (χ4n) is 0.819. The second-order valence-corrected chi connectivity index (χ2v) is 2.87. The highest BCUT2D eigenvalue weighted by atomic mass is 35.5. The number of aromatic nitrogens is 2. The Morgan fingerprint density at radius 3 is 3.07 bits per heavy atom. The highest BCUT2D eigenvalue weighted by Crippen LogP contribution is 2.15. The predicted octanol–water partition coefficient (Wildman–Crippen LogP) is 1.10. The molecule has 0 atom stereocenters. The number of terminal acetylenes is 1. The minimum Gasteiger partial charge on any atom is -0.481 e. The Balaban J connectivity index is 2.81. The van der Waals surface area contributed by atoms with Crippen molar-refractivity contribution in [2.45, 2.75) is 6.42 Å². The Morgan fingerprint density at radius 2 is 2.47 bits per heavy atom. The van der Waals surface area contributed by atoms with Gasteiger partial charge in [-0.25, -0.2) is 4.98 Å². The van der Waals surface area contributed by atoms with Crippen molar-refractivity contribution in [2.24, 2.45) is 0 Å². The van der Waals surface area contributed by atoms with Crippen LogP contribution in [0.4, 0.5) is 5.95 Å². The summed E-state index contributed by atoms with van der Waals surface area (Å²) in [5, 5.41) is 2.57. The van der Waals surface area contributed by atoms with Crippen LogP contribution in [-0.2, 0) is 4.79 Å². The van der Waals surface area contributed by atoms with Crippen LogP contribution in [0.25, 0.3) is 0 Å². The zero-order chi connectivity index (χ0) is 11.3. The Labute approximate surface area is 91.8 Å². The predicted molar refractivity (Wildman–Crippen MR) is 55.7 cm³/mol. The molecular formula is C9H8ClN3O2. The molecule has 1 rings (SSSR count). The normalized spacial score (nSPS) is 9.13. The zero-order valence-corrected chi connectivity index (χ0v) is 8.71. The molecule has 6 heteroatoms. The van der Waals surface area contributed by atoms with E-state index in [2.05, 4.69) is 21.2 Å². The number of ether oxygens (including phenoxy) is 1. The summed E-state index contributed by atoms with van der Waals surface area (Å²) in [6, 6.07) is 1.43. The van der Waals surface area contributed by atoms with E-state index in [0.29, 0.717) is 0 Å². The number of carbonyl (C=O) groups is 1. The summed E-state index contributed by atoms with van der Waals surface area (Å²) in [5.74, 6) is 2.16. The third kappa shape index (κ3) is 3.44. The van der Waals surface area contributed by atoms with E-state index >= 15 is 0 Å². The average Bonchev–Trinajstić information content (AvgIpc) is 2.17. The summed E-state index contributed by atoms with van der Waals surface area (Å²) < 4.78 is 4.85. The Kier molecular flexibility index (Phi) is 3.89. The molecule has 0 spiro atoms. The Morgan fingerprint density at radius 1 is 1.73 bits per heavy atom. The van der Waals surface area contributed by atoms with Crippen LogP contribution in [0.5, 0.6) is 5.88 Å². The lowest BCUT2D eigenvalue weighted by molar-refractivity contribution is -0.115. The van der Waals surface area contributed by atoms with Crippen molar-refractivity contribution in [2.75, 3.05) is 12.4 Å². The molecule has 0 bridgehead atoms. The SMILES string of the molecule is C#CCC(=O)Nc1nc(Cl)cc(OC)n1. The topological polar surface area (TPSA) is 64.1 Å². The van der Waals surface area contributed by atoms with Gasteiger partial charge in [-0.15, -0.1) is 6.42 Å². The lowest BCUT2D eigenvalue weighted by Crippen LogP contribution is -2.13. The van der Waals surface area contributed by atoms with Gasteiger partial charge >= 0.3 is 0 Å². The molecule has 1 aromatic heterocycles. The summed E-state index contributed by atoms with van der Waals surface area (Å²) in [7, 11) is 1.44. The van der Waals surface area contributed by atoms with E-state index in [4.69, 9.17) is 22.8 Å². The number of nitrogens with zero attached hydrogens (tertiary/aromatic N) is 2. The number of amides is 1. The maximum absolute atomic E-state index is 11.1. The van der Waals surface area contributed by atoms with E-state index in [0.717, 1.165) is 0 Å². The Bertz CT molecular complexity index is 414. The lowest BCUT2D eigenvalue weighted by Gasteiger charge is -2.03. The molecule has 15 heavy (non-hydrogen) atoms. The maximum atomic E-state index is 11.1. The van der Waals surface area contributed by atoms with Gasteiger partial charge in [0.2, 0.25) is 17.7 Å². The number of halogens is 1. The first-order chi connectivity index (χ1) is 7.15. The highest BCUT2D eigenvalue weighted by molar-refractivity contribution is 6.29. The molecule has 0 aliphatic carbocycles. The van der Waals surface area contributed by atoms with Crippen LogP contribution in [0.15, 0.2) is 6.07 Å². The largest absolute Gasteiger partial charge is 0.481 e. The van der Waals surface area contributed by atoms with E-state index in [1.54, 1.807) is 0 Å². The minimum atomic E-state index is -0.373. The van der Waals surface area contributed by atoms with Gasteiger partial charge in [0.25, 0.3) is 0 Å². The second kappa shape index (κ2) is 5.17. The molecule has 5 nitrogen and oxygen atoms in total. The van der Waals surface area contributed by atoms with Gasteiger partial charge in [0.05, 0.1) is 13.5 Å². The summed E-state index contributed by atoms with van der Waals surface area (Å²) in [4.78, 5) is 18.7. The van der Waals surface area contributed by atoms with Crippen LogP contribution >= 0.6 is 11.6 Å². The maximum Gasteiger partial charge on any atom is 0.238 e. The molecular weight excluding hydrogens is 218 g/mol. The second-order valence-electron chi connectivity index (χ2n) is 2.49. The number of carbonyl (C=O) groups excluding carboxylic acids is 1. The van der Waals surface area contributed by atoms with Crippen molar-refractivity contribution in [1.29, 1.82) is 0 Å². The van der Waals surface area contributed by atoms with Crippen LogP contribution in [0.1, 0.15) is 6.42 Å². The summed E-state index contributed by atoms with van der Waals surface area (Å²) in [6.07, 6.45) is 4.92. The van der Waals surface area contributed by atoms with Crippen LogP contribution < -0.4 is 10.1 Å². The van der Waals surface area contributed by atoms with Crippen molar-refractivity contribution in [3.8, 4) is 18.2 Å². The summed E-state index contributed by atoms with van der Waals surface area (Å²) in [5.41, 5.74) is 0. The Hall–Kier alpha value is -1.80. The number of anilines is 1. The van der Waals surface area contributed by atoms with E-state index in [9.17, 15) is 4.79 Å². The van der Waals surface area contributed by atoms with Gasteiger partial charge in [0.1, 0.15) is 5.15 Å². The molecule has 0 unspecified atom stereocenters. The molecule has 1 aromatic rings. The van der Waals surface area contributed by atoms with Gasteiger partial charge in [-0.05, 0) is 0 Å². The quantitative estimate of drug-likeness (QED) is 0.618. The third-order valence-corrected chi connectivity index (χ3v) is 1.59. The van der Waals surface area contributed by atoms with E-state index in [1.807, 2.05) is 0 Å². The molecule has 78 valence electrons. The number of rotatable bonds is 3. The lowest BCUT2D eigenvalue weighted by atomic mass is 10.4. The molecule has 0 saturated heterocycles. The first-order valence-electron chi connectivity index (χ1n) is 3.97. The number of nitrogens with one attached hydrogen (secondary N) is 1. The van der Waals surface area contributed by atoms with Crippen molar-refractivity contribution in [3.05, 3.63) is 11.2 Å². The molecule has 0 aromatic carbocycles. The molecule has 1 N–H and O–H groups in total. The number of hydrogen-bond acceptors (Lipinski definition) is 4. The van der Waals surface area contributed by atoms with Gasteiger partial charge in [-0.1, -0.05) is 17.5 Å². The van der Waals surface area contributed by atoms with Gasteiger partial charge < -0.3 is 4.74 Å². The van der Waals surface area contributed by atoms with Gasteiger partial charge in [0.15, 0.2) is 0 Å². The number of methoxy groups -OCH3 is 1. The molecule has 1 heterocycles. The molecule has 0 aliphatic rings. The first kappa shape index (κ1) is 11.3. The molecule has 0 radical (unpaired) electrons. The molecule has 1 amide bonds. The van der Waals surface area contributed by atoms with E-state index in [1.165, 1.54) is 13.2 Å². The van der Waals surface area contributed by atoms with Crippen LogP contribution in [0.3, 0.4) is 0 Å². The third-order valence-electron chi connectivity index (χ3n) is 1.39. The highest BCUT2D eigenvalue weighted by Gasteiger charge is 2.06. The van der Waals surface area contributed by atoms with Crippen molar-refractivity contribution in [3.63, 3.8) is 0 Å². The van der Waals surface area contributed by atoms with Crippen LogP contribution in [-0.4, -0.2) is 23.0 Å². The van der Waals surface area contributed by atoms with E-state index in [-0.39, 0.29) is 29.3 Å². The fourth-order valence-corrected chi connectivity index (χ4v) is 0.992. The fraction of sp³-hybridized carbons (Fsp3) is 0.222. The van der Waals surface area contributed by atoms with Gasteiger partial charge in [0, 0.05) is 6.07 Å². The average molecular weight is 226 g/mol. The number of hydrogen-bond donors (Lipinski definition) is 1. The standard InChI is InChI=1S/C9H8ClN3O2/c1-3-4-7(14)12-9-11-6(10)5-8(13-9)15-2/h1,5H,4H2,2H3,(H,11,12,13,14). The molecule has 0 saturated carbocycles.